The Labute approximate surface area is 148 Å². The monoisotopic (exact) mass is 342 g/mol. The lowest BCUT2D eigenvalue weighted by Gasteiger charge is -2.24. The average Bonchev–Trinajstić information content (AvgIpc) is 3.28. The third-order valence-corrected chi connectivity index (χ3v) is 4.90. The third-order valence-electron chi connectivity index (χ3n) is 4.90. The Hall–Kier alpha value is -2.34. The first kappa shape index (κ1) is 17.5. The summed E-state index contributed by atoms with van der Waals surface area (Å²) in [7, 11) is 0. The van der Waals surface area contributed by atoms with Gasteiger partial charge in [0, 0.05) is 50.0 Å². The number of urea groups is 1. The van der Waals surface area contributed by atoms with Crippen LogP contribution in [0.15, 0.2) is 30.4 Å². The smallest absolute Gasteiger partial charge is 0.321 e. The highest BCUT2D eigenvalue weighted by molar-refractivity contribution is 5.94. The van der Waals surface area contributed by atoms with Gasteiger partial charge in [-0.2, -0.15) is 0 Å². The van der Waals surface area contributed by atoms with Gasteiger partial charge in [-0.15, -0.1) is 0 Å². The molecule has 1 aromatic carbocycles. The number of carbonyl (C=O) groups excluding carboxylic acids is 2. The predicted octanol–water partition coefficient (Wildman–Crippen LogP) is 2.82. The van der Waals surface area contributed by atoms with Crippen LogP contribution < -0.4 is 10.6 Å². The van der Waals surface area contributed by atoms with E-state index in [4.69, 9.17) is 0 Å². The van der Waals surface area contributed by atoms with E-state index in [9.17, 15) is 9.59 Å². The van der Waals surface area contributed by atoms with E-state index < -0.39 is 0 Å². The van der Waals surface area contributed by atoms with E-state index in [0.29, 0.717) is 18.2 Å². The number of hydrogen-bond donors (Lipinski definition) is 2. The van der Waals surface area contributed by atoms with Gasteiger partial charge in [0.1, 0.15) is 0 Å². The number of carbonyl (C=O) groups is 2. The maximum absolute atomic E-state index is 12.6. The fraction of sp³-hybridized carbons (Fsp3) is 0.474. The number of amides is 3. The van der Waals surface area contributed by atoms with Crippen LogP contribution >= 0.6 is 0 Å². The first-order valence-electron chi connectivity index (χ1n) is 8.92. The van der Waals surface area contributed by atoms with E-state index >= 15 is 0 Å². The summed E-state index contributed by atoms with van der Waals surface area (Å²) in [5, 5.41) is 5.83. The van der Waals surface area contributed by atoms with Crippen molar-refractivity contribution >= 4 is 23.3 Å². The summed E-state index contributed by atoms with van der Waals surface area (Å²) in [5.41, 5.74) is 2.42. The molecule has 0 unspecified atom stereocenters. The minimum atomic E-state index is -0.0725. The summed E-state index contributed by atoms with van der Waals surface area (Å²) >= 11 is 0. The normalized spacial score (nSPS) is 20.1. The van der Waals surface area contributed by atoms with Gasteiger partial charge >= 0.3 is 6.03 Å². The van der Waals surface area contributed by atoms with Crippen LogP contribution in [0.2, 0.25) is 0 Å². The molecule has 2 aliphatic heterocycles. The molecule has 1 atom stereocenters. The largest absolute Gasteiger partial charge is 0.326 e. The van der Waals surface area contributed by atoms with Crippen LogP contribution in [0.5, 0.6) is 0 Å². The number of hydrogen-bond acceptors (Lipinski definition) is 3. The van der Waals surface area contributed by atoms with E-state index in [2.05, 4.69) is 27.7 Å². The second-order valence-electron chi connectivity index (χ2n) is 6.68. The summed E-state index contributed by atoms with van der Waals surface area (Å²) in [6.07, 6.45) is 5.81. The Balaban J connectivity index is 1.60. The molecule has 3 rings (SSSR count). The van der Waals surface area contributed by atoms with Crippen LogP contribution in [-0.4, -0.2) is 54.0 Å². The molecule has 2 aliphatic rings. The van der Waals surface area contributed by atoms with Crippen LogP contribution in [0.1, 0.15) is 25.3 Å². The van der Waals surface area contributed by atoms with Crippen LogP contribution in [-0.2, 0) is 4.79 Å². The molecule has 134 valence electrons. The lowest BCUT2D eigenvalue weighted by Crippen LogP contribution is -2.39. The summed E-state index contributed by atoms with van der Waals surface area (Å²) in [4.78, 5) is 28.4. The SMILES string of the molecule is CCC(=O)Nc1ccc(C)c(NC(=O)N2CC[C@@H](N3CC=CC3)C2)c1. The second-order valence-corrected chi connectivity index (χ2v) is 6.68. The molecule has 3 amide bonds. The molecular formula is C19H26N4O2. The molecule has 1 saturated heterocycles. The molecule has 2 heterocycles. The van der Waals surface area contributed by atoms with Gasteiger partial charge in [-0.1, -0.05) is 25.1 Å². The third kappa shape index (κ3) is 4.20. The highest BCUT2D eigenvalue weighted by Crippen LogP contribution is 2.23. The van der Waals surface area contributed by atoms with E-state index in [0.717, 1.165) is 43.9 Å². The number of likely N-dealkylation sites (tertiary alicyclic amines) is 1. The first-order valence-corrected chi connectivity index (χ1v) is 8.92. The minimum absolute atomic E-state index is 0.0391. The molecular weight excluding hydrogens is 316 g/mol. The van der Waals surface area contributed by atoms with Gasteiger partial charge in [0.2, 0.25) is 5.91 Å². The van der Waals surface area contributed by atoms with E-state index in [1.165, 1.54) is 0 Å². The minimum Gasteiger partial charge on any atom is -0.326 e. The van der Waals surface area contributed by atoms with Gasteiger partial charge in [0.05, 0.1) is 0 Å². The molecule has 2 N–H and O–H groups in total. The van der Waals surface area contributed by atoms with Crippen molar-refractivity contribution in [1.82, 2.24) is 9.80 Å². The quantitative estimate of drug-likeness (QED) is 0.827. The van der Waals surface area contributed by atoms with Crippen molar-refractivity contribution in [2.24, 2.45) is 0 Å². The molecule has 0 aromatic heterocycles. The summed E-state index contributed by atoms with van der Waals surface area (Å²) in [6.45, 7) is 7.27. The van der Waals surface area contributed by atoms with E-state index in [1.54, 1.807) is 0 Å². The lowest BCUT2D eigenvalue weighted by molar-refractivity contribution is -0.115. The molecule has 6 nitrogen and oxygen atoms in total. The van der Waals surface area contributed by atoms with Crippen molar-refractivity contribution in [3.63, 3.8) is 0 Å². The van der Waals surface area contributed by atoms with Gasteiger partial charge in [-0.3, -0.25) is 9.69 Å². The molecule has 6 heteroatoms. The first-order chi connectivity index (χ1) is 12.1. The topological polar surface area (TPSA) is 64.7 Å². The van der Waals surface area contributed by atoms with Crippen LogP contribution in [0, 0.1) is 6.92 Å². The zero-order valence-electron chi connectivity index (χ0n) is 14.9. The van der Waals surface area contributed by atoms with Gasteiger partial charge < -0.3 is 15.5 Å². The fourth-order valence-corrected chi connectivity index (χ4v) is 3.29. The van der Waals surface area contributed by atoms with Crippen LogP contribution in [0.4, 0.5) is 16.2 Å². The highest BCUT2D eigenvalue weighted by Gasteiger charge is 2.30. The Kier molecular flexibility index (Phi) is 5.38. The zero-order valence-corrected chi connectivity index (χ0v) is 14.9. The van der Waals surface area contributed by atoms with Crippen molar-refractivity contribution in [3.8, 4) is 0 Å². The van der Waals surface area contributed by atoms with Gasteiger partial charge in [-0.05, 0) is 31.0 Å². The molecule has 25 heavy (non-hydrogen) atoms. The van der Waals surface area contributed by atoms with Crippen LogP contribution in [0.3, 0.4) is 0 Å². The van der Waals surface area contributed by atoms with Gasteiger partial charge in [0.25, 0.3) is 0 Å². The lowest BCUT2D eigenvalue weighted by atomic mass is 10.1. The summed E-state index contributed by atoms with van der Waals surface area (Å²) in [5.74, 6) is -0.0391. The maximum atomic E-state index is 12.6. The number of benzene rings is 1. The fourth-order valence-electron chi connectivity index (χ4n) is 3.29. The molecule has 0 bridgehead atoms. The average molecular weight is 342 g/mol. The Morgan fingerprint density at radius 1 is 1.20 bits per heavy atom. The van der Waals surface area contributed by atoms with E-state index in [1.807, 2.05) is 36.9 Å². The Morgan fingerprint density at radius 2 is 1.96 bits per heavy atom. The summed E-state index contributed by atoms with van der Waals surface area (Å²) < 4.78 is 0. The number of nitrogens with one attached hydrogen (secondary N) is 2. The standard InChI is InChI=1S/C19H26N4O2/c1-3-18(24)20-15-7-6-14(2)17(12-15)21-19(25)23-11-8-16(13-23)22-9-4-5-10-22/h4-7,12,16H,3,8-11,13H2,1-2H3,(H,20,24)(H,21,25)/t16-/m1/s1. The predicted molar refractivity (Wildman–Crippen MR) is 99.8 cm³/mol. The molecule has 1 aromatic rings. The number of rotatable bonds is 4. The molecule has 0 aliphatic carbocycles. The Bertz CT molecular complexity index is 678. The molecule has 0 spiro atoms. The Morgan fingerprint density at radius 3 is 2.68 bits per heavy atom. The summed E-state index contributed by atoms with van der Waals surface area (Å²) in [6, 6.07) is 5.95. The van der Waals surface area contributed by atoms with Gasteiger partial charge in [0.15, 0.2) is 0 Å². The molecule has 1 fully saturated rings. The van der Waals surface area contributed by atoms with Crippen LogP contribution in [0.25, 0.3) is 0 Å². The zero-order chi connectivity index (χ0) is 17.8. The number of nitrogens with zero attached hydrogens (tertiary/aromatic N) is 2. The second kappa shape index (κ2) is 7.70. The van der Waals surface area contributed by atoms with Crippen molar-refractivity contribution < 1.29 is 9.59 Å². The van der Waals surface area contributed by atoms with Gasteiger partial charge in [-0.25, -0.2) is 4.79 Å². The number of aryl methyl sites for hydroxylation is 1. The number of anilines is 2. The maximum Gasteiger partial charge on any atom is 0.321 e. The molecule has 0 saturated carbocycles. The van der Waals surface area contributed by atoms with Crippen molar-refractivity contribution in [2.45, 2.75) is 32.7 Å². The van der Waals surface area contributed by atoms with Crippen molar-refractivity contribution in [1.29, 1.82) is 0 Å². The molecule has 0 radical (unpaired) electrons. The van der Waals surface area contributed by atoms with E-state index in [-0.39, 0.29) is 11.9 Å². The van der Waals surface area contributed by atoms with Crippen molar-refractivity contribution in [2.75, 3.05) is 36.8 Å². The highest BCUT2D eigenvalue weighted by atomic mass is 16.2. The van der Waals surface area contributed by atoms with Crippen molar-refractivity contribution in [3.05, 3.63) is 35.9 Å².